The second-order valence-corrected chi connectivity index (χ2v) is 5.75. The van der Waals surface area contributed by atoms with Gasteiger partial charge in [0.2, 0.25) is 0 Å². The lowest BCUT2D eigenvalue weighted by molar-refractivity contribution is 0.199. The summed E-state index contributed by atoms with van der Waals surface area (Å²) in [6.07, 6.45) is 11.9. The van der Waals surface area contributed by atoms with Gasteiger partial charge in [0.25, 0.3) is 0 Å². The Labute approximate surface area is 107 Å². The van der Waals surface area contributed by atoms with Crippen LogP contribution in [0.4, 0.5) is 0 Å². The Morgan fingerprint density at radius 1 is 1.18 bits per heavy atom. The minimum atomic E-state index is 0.362. The molecule has 1 aliphatic carbocycles. The molecule has 0 aromatic heterocycles. The zero-order valence-electron chi connectivity index (χ0n) is 11.8. The molecule has 2 heteroatoms. The largest absolute Gasteiger partial charge is 0.396 e. The van der Waals surface area contributed by atoms with Crippen LogP contribution in [0.15, 0.2) is 0 Å². The van der Waals surface area contributed by atoms with Crippen molar-refractivity contribution in [2.24, 2.45) is 5.92 Å². The molecule has 0 amide bonds. The third kappa shape index (κ3) is 5.87. The van der Waals surface area contributed by atoms with E-state index in [0.29, 0.717) is 24.6 Å². The monoisotopic (exact) mass is 241 g/mol. The predicted octanol–water partition coefficient (Wildman–Crippen LogP) is 3.49. The summed E-state index contributed by atoms with van der Waals surface area (Å²) in [5.41, 5.74) is 0. The highest BCUT2D eigenvalue weighted by atomic mass is 16.3. The number of aliphatic hydroxyl groups is 1. The molecule has 0 bridgehead atoms. The minimum absolute atomic E-state index is 0.362. The molecule has 0 aliphatic heterocycles. The van der Waals surface area contributed by atoms with Crippen molar-refractivity contribution in [1.82, 2.24) is 5.32 Å². The van der Waals surface area contributed by atoms with E-state index in [1.807, 2.05) is 0 Å². The Bertz CT molecular complexity index is 184. The highest BCUT2D eigenvalue weighted by molar-refractivity contribution is 4.84. The predicted molar refractivity (Wildman–Crippen MR) is 74.2 cm³/mol. The average Bonchev–Trinajstić information content (AvgIpc) is 2.76. The Kier molecular flexibility index (Phi) is 7.87. The maximum absolute atomic E-state index is 9.28. The summed E-state index contributed by atoms with van der Waals surface area (Å²) in [5.74, 6) is 0.512. The van der Waals surface area contributed by atoms with E-state index < -0.39 is 0 Å². The molecule has 0 heterocycles. The lowest BCUT2D eigenvalue weighted by Crippen LogP contribution is -2.39. The van der Waals surface area contributed by atoms with Crippen LogP contribution in [-0.4, -0.2) is 23.8 Å². The smallest absolute Gasteiger partial charge is 0.0474 e. The van der Waals surface area contributed by atoms with E-state index in [4.69, 9.17) is 0 Å². The van der Waals surface area contributed by atoms with Crippen molar-refractivity contribution in [1.29, 1.82) is 0 Å². The maximum Gasteiger partial charge on any atom is 0.0474 e. The molecule has 1 rings (SSSR count). The SMILES string of the molecule is CCCCCCCC(C)NC1CCCC1CO. The van der Waals surface area contributed by atoms with Crippen molar-refractivity contribution in [2.45, 2.75) is 83.7 Å². The molecule has 2 nitrogen and oxygen atoms in total. The van der Waals surface area contributed by atoms with Gasteiger partial charge < -0.3 is 10.4 Å². The number of hydrogen-bond donors (Lipinski definition) is 2. The number of hydrogen-bond acceptors (Lipinski definition) is 2. The van der Waals surface area contributed by atoms with Gasteiger partial charge in [0.1, 0.15) is 0 Å². The number of unbranched alkanes of at least 4 members (excludes halogenated alkanes) is 4. The molecular formula is C15H31NO. The summed E-state index contributed by atoms with van der Waals surface area (Å²) in [5, 5.41) is 13.0. The first-order chi connectivity index (χ1) is 8.27. The fourth-order valence-electron chi connectivity index (χ4n) is 2.98. The van der Waals surface area contributed by atoms with Crippen molar-refractivity contribution in [3.8, 4) is 0 Å². The van der Waals surface area contributed by atoms with Gasteiger partial charge in [-0.1, -0.05) is 45.4 Å². The highest BCUT2D eigenvalue weighted by Gasteiger charge is 2.27. The van der Waals surface area contributed by atoms with Gasteiger partial charge in [-0.2, -0.15) is 0 Å². The summed E-state index contributed by atoms with van der Waals surface area (Å²) in [6, 6.07) is 1.19. The standard InChI is InChI=1S/C15H31NO/c1-3-4-5-6-7-9-13(2)16-15-11-8-10-14(15)12-17/h13-17H,3-12H2,1-2H3. The van der Waals surface area contributed by atoms with Crippen molar-refractivity contribution >= 4 is 0 Å². The molecule has 0 aromatic carbocycles. The highest BCUT2D eigenvalue weighted by Crippen LogP contribution is 2.25. The first-order valence-corrected chi connectivity index (χ1v) is 7.64. The van der Waals surface area contributed by atoms with Crippen molar-refractivity contribution in [3.63, 3.8) is 0 Å². The molecule has 1 aliphatic rings. The van der Waals surface area contributed by atoms with Crippen LogP contribution < -0.4 is 5.32 Å². The van der Waals surface area contributed by atoms with Gasteiger partial charge in [-0.05, 0) is 32.1 Å². The van der Waals surface area contributed by atoms with Crippen LogP contribution in [0, 0.1) is 5.92 Å². The lowest BCUT2D eigenvalue weighted by atomic mass is 10.0. The van der Waals surface area contributed by atoms with E-state index in [0.717, 1.165) is 0 Å². The Hall–Kier alpha value is -0.0800. The van der Waals surface area contributed by atoms with Crippen LogP contribution in [0.25, 0.3) is 0 Å². The topological polar surface area (TPSA) is 32.3 Å². The van der Waals surface area contributed by atoms with E-state index in [1.54, 1.807) is 0 Å². The van der Waals surface area contributed by atoms with E-state index in [-0.39, 0.29) is 0 Å². The Morgan fingerprint density at radius 3 is 2.65 bits per heavy atom. The maximum atomic E-state index is 9.28. The first kappa shape index (κ1) is 15.0. The summed E-state index contributed by atoms with van der Waals surface area (Å²) >= 11 is 0. The minimum Gasteiger partial charge on any atom is -0.396 e. The van der Waals surface area contributed by atoms with Gasteiger partial charge in [-0.15, -0.1) is 0 Å². The third-order valence-electron chi connectivity index (χ3n) is 4.13. The molecule has 0 aromatic rings. The Balaban J connectivity index is 2.05. The molecule has 17 heavy (non-hydrogen) atoms. The van der Waals surface area contributed by atoms with Crippen LogP contribution in [0.3, 0.4) is 0 Å². The molecule has 3 unspecified atom stereocenters. The second kappa shape index (κ2) is 8.93. The van der Waals surface area contributed by atoms with Gasteiger partial charge in [0.05, 0.1) is 0 Å². The molecule has 2 N–H and O–H groups in total. The summed E-state index contributed by atoms with van der Waals surface area (Å²) in [7, 11) is 0. The van der Waals surface area contributed by atoms with Gasteiger partial charge >= 0.3 is 0 Å². The van der Waals surface area contributed by atoms with Crippen LogP contribution in [0.5, 0.6) is 0 Å². The third-order valence-corrected chi connectivity index (χ3v) is 4.13. The van der Waals surface area contributed by atoms with E-state index in [1.165, 1.54) is 57.8 Å². The molecule has 102 valence electrons. The van der Waals surface area contributed by atoms with E-state index in [2.05, 4.69) is 19.2 Å². The molecule has 3 atom stereocenters. The van der Waals surface area contributed by atoms with Crippen molar-refractivity contribution in [3.05, 3.63) is 0 Å². The molecule has 1 saturated carbocycles. The normalized spacial score (nSPS) is 26.3. The number of aliphatic hydroxyl groups excluding tert-OH is 1. The van der Waals surface area contributed by atoms with Crippen molar-refractivity contribution < 1.29 is 5.11 Å². The van der Waals surface area contributed by atoms with Crippen LogP contribution >= 0.6 is 0 Å². The van der Waals surface area contributed by atoms with Gasteiger partial charge in [0.15, 0.2) is 0 Å². The molecule has 0 spiro atoms. The van der Waals surface area contributed by atoms with E-state index >= 15 is 0 Å². The van der Waals surface area contributed by atoms with Crippen LogP contribution in [0.1, 0.15) is 71.6 Å². The van der Waals surface area contributed by atoms with Gasteiger partial charge in [-0.3, -0.25) is 0 Å². The molecule has 0 saturated heterocycles. The number of nitrogens with one attached hydrogen (secondary N) is 1. The summed E-state index contributed by atoms with van der Waals surface area (Å²) in [6.45, 7) is 4.92. The van der Waals surface area contributed by atoms with Crippen LogP contribution in [0.2, 0.25) is 0 Å². The molecule has 1 fully saturated rings. The van der Waals surface area contributed by atoms with Gasteiger partial charge in [0, 0.05) is 18.7 Å². The van der Waals surface area contributed by atoms with Crippen molar-refractivity contribution in [2.75, 3.05) is 6.61 Å². The fraction of sp³-hybridized carbons (Fsp3) is 1.00. The lowest BCUT2D eigenvalue weighted by Gasteiger charge is -2.24. The zero-order chi connectivity index (χ0) is 12.5. The molecular weight excluding hydrogens is 210 g/mol. The fourth-order valence-corrected chi connectivity index (χ4v) is 2.98. The summed E-state index contributed by atoms with van der Waals surface area (Å²) < 4.78 is 0. The second-order valence-electron chi connectivity index (χ2n) is 5.75. The van der Waals surface area contributed by atoms with Crippen LogP contribution in [-0.2, 0) is 0 Å². The molecule has 0 radical (unpaired) electrons. The average molecular weight is 241 g/mol. The summed E-state index contributed by atoms with van der Waals surface area (Å²) in [4.78, 5) is 0. The van der Waals surface area contributed by atoms with E-state index in [9.17, 15) is 5.11 Å². The Morgan fingerprint density at radius 2 is 1.94 bits per heavy atom. The van der Waals surface area contributed by atoms with Gasteiger partial charge in [-0.25, -0.2) is 0 Å². The zero-order valence-corrected chi connectivity index (χ0v) is 11.8. The quantitative estimate of drug-likeness (QED) is 0.606. The first-order valence-electron chi connectivity index (χ1n) is 7.64. The number of rotatable bonds is 9.